The molecular weight excluding hydrogens is 344 g/mol. The Hall–Kier alpha value is -3.34. The fraction of sp³-hybridized carbons (Fsp3) is 0.182. The zero-order valence-corrected chi connectivity index (χ0v) is 15.5. The molecule has 5 heteroatoms. The number of carboxylic acids is 2. The molecule has 0 bridgehead atoms. The Labute approximate surface area is 159 Å². The minimum atomic E-state index is -0.907. The van der Waals surface area contributed by atoms with Gasteiger partial charge in [0.1, 0.15) is 5.75 Å². The fourth-order valence-electron chi connectivity index (χ4n) is 2.06. The molecule has 0 amide bonds. The fourth-order valence-corrected chi connectivity index (χ4v) is 2.06. The van der Waals surface area contributed by atoms with Crippen LogP contribution in [0.15, 0.2) is 72.3 Å². The standard InChI is InChI=1S/C11H12O3.C11H12O2/c1-8(11(12)13)7-9-3-5-10(14-2)6-4-9;1-9(11(12)13)7-8-10-5-3-2-4-6-10/h3-7H,1-2H3,(H,12,13);2-6H,1,7-8H2,(H,12,13). The van der Waals surface area contributed by atoms with Crippen molar-refractivity contribution in [3.8, 4) is 5.75 Å². The molecule has 2 aromatic rings. The van der Waals surface area contributed by atoms with Crippen LogP contribution in [0, 0.1) is 0 Å². The number of benzene rings is 2. The van der Waals surface area contributed by atoms with Gasteiger partial charge in [0.25, 0.3) is 0 Å². The summed E-state index contributed by atoms with van der Waals surface area (Å²) in [7, 11) is 1.59. The quantitative estimate of drug-likeness (QED) is 0.706. The summed E-state index contributed by atoms with van der Waals surface area (Å²) in [6.45, 7) is 5.03. The van der Waals surface area contributed by atoms with E-state index in [4.69, 9.17) is 14.9 Å². The third-order valence-corrected chi connectivity index (χ3v) is 3.70. The van der Waals surface area contributed by atoms with Crippen LogP contribution in [-0.2, 0) is 16.0 Å². The zero-order valence-electron chi connectivity index (χ0n) is 15.5. The first-order chi connectivity index (χ1) is 12.8. The predicted octanol–water partition coefficient (Wildman–Crippen LogP) is 4.44. The maximum Gasteiger partial charge on any atom is 0.331 e. The van der Waals surface area contributed by atoms with Crippen molar-refractivity contribution < 1.29 is 24.5 Å². The molecule has 0 aliphatic carbocycles. The topological polar surface area (TPSA) is 83.8 Å². The van der Waals surface area contributed by atoms with Gasteiger partial charge >= 0.3 is 11.9 Å². The number of aliphatic carboxylic acids is 2. The summed E-state index contributed by atoms with van der Waals surface area (Å²) in [5.74, 6) is -1.05. The number of methoxy groups -OCH3 is 1. The van der Waals surface area contributed by atoms with Crippen molar-refractivity contribution in [3.63, 3.8) is 0 Å². The van der Waals surface area contributed by atoms with Crippen molar-refractivity contribution in [2.75, 3.05) is 7.11 Å². The van der Waals surface area contributed by atoms with E-state index in [1.165, 1.54) is 0 Å². The second-order valence-electron chi connectivity index (χ2n) is 5.80. The van der Waals surface area contributed by atoms with Crippen LogP contribution in [-0.4, -0.2) is 29.3 Å². The molecule has 0 spiro atoms. The van der Waals surface area contributed by atoms with Crippen LogP contribution in [0.5, 0.6) is 5.75 Å². The molecule has 2 aromatic carbocycles. The van der Waals surface area contributed by atoms with E-state index >= 15 is 0 Å². The molecule has 0 aliphatic heterocycles. The summed E-state index contributed by atoms with van der Waals surface area (Å²) in [5, 5.41) is 17.2. The molecule has 0 unspecified atom stereocenters. The van der Waals surface area contributed by atoms with Crippen LogP contribution in [0.2, 0.25) is 0 Å². The molecular formula is C22H24O5. The summed E-state index contributed by atoms with van der Waals surface area (Å²) < 4.78 is 4.98. The molecule has 5 nitrogen and oxygen atoms in total. The largest absolute Gasteiger partial charge is 0.497 e. The summed E-state index contributed by atoms with van der Waals surface area (Å²) in [5.41, 5.74) is 2.58. The monoisotopic (exact) mass is 368 g/mol. The predicted molar refractivity (Wildman–Crippen MR) is 106 cm³/mol. The third-order valence-electron chi connectivity index (χ3n) is 3.70. The highest BCUT2D eigenvalue weighted by Crippen LogP contribution is 2.13. The van der Waals surface area contributed by atoms with Crippen molar-refractivity contribution in [3.05, 3.63) is 83.4 Å². The first-order valence-corrected chi connectivity index (χ1v) is 8.34. The normalized spacial score (nSPS) is 10.4. The molecule has 0 heterocycles. The highest BCUT2D eigenvalue weighted by molar-refractivity contribution is 5.91. The average Bonchev–Trinajstić information content (AvgIpc) is 2.67. The van der Waals surface area contributed by atoms with Gasteiger partial charge in [-0.3, -0.25) is 0 Å². The van der Waals surface area contributed by atoms with Gasteiger partial charge in [0.05, 0.1) is 7.11 Å². The smallest absolute Gasteiger partial charge is 0.331 e. The maximum atomic E-state index is 10.5. The zero-order chi connectivity index (χ0) is 20.2. The molecule has 0 atom stereocenters. The Morgan fingerprint density at radius 3 is 2.07 bits per heavy atom. The van der Waals surface area contributed by atoms with Crippen LogP contribution in [0.4, 0.5) is 0 Å². The highest BCUT2D eigenvalue weighted by atomic mass is 16.5. The van der Waals surface area contributed by atoms with Crippen molar-refractivity contribution in [2.24, 2.45) is 0 Å². The van der Waals surface area contributed by atoms with Crippen molar-refractivity contribution in [1.82, 2.24) is 0 Å². The first-order valence-electron chi connectivity index (χ1n) is 8.34. The van der Waals surface area contributed by atoms with E-state index in [0.29, 0.717) is 12.0 Å². The van der Waals surface area contributed by atoms with E-state index in [-0.39, 0.29) is 5.57 Å². The van der Waals surface area contributed by atoms with Crippen LogP contribution >= 0.6 is 0 Å². The number of aryl methyl sites for hydroxylation is 1. The van der Waals surface area contributed by atoms with Crippen LogP contribution in [0.1, 0.15) is 24.5 Å². The van der Waals surface area contributed by atoms with Gasteiger partial charge in [-0.2, -0.15) is 0 Å². The maximum absolute atomic E-state index is 10.5. The first kappa shape index (κ1) is 21.7. The minimum absolute atomic E-state index is 0.267. The molecule has 0 saturated heterocycles. The highest BCUT2D eigenvalue weighted by Gasteiger charge is 2.03. The van der Waals surface area contributed by atoms with E-state index in [2.05, 4.69) is 6.58 Å². The van der Waals surface area contributed by atoms with Gasteiger partial charge in [-0.1, -0.05) is 49.0 Å². The second-order valence-corrected chi connectivity index (χ2v) is 5.80. The van der Waals surface area contributed by atoms with Gasteiger partial charge in [0.2, 0.25) is 0 Å². The molecule has 2 N–H and O–H groups in total. The second kappa shape index (κ2) is 11.3. The Morgan fingerprint density at radius 2 is 1.59 bits per heavy atom. The molecule has 0 saturated carbocycles. The molecule has 142 valence electrons. The Bertz CT molecular complexity index is 789. The van der Waals surface area contributed by atoms with Gasteiger partial charge < -0.3 is 14.9 Å². The van der Waals surface area contributed by atoms with Gasteiger partial charge in [-0.05, 0) is 49.1 Å². The number of hydrogen-bond acceptors (Lipinski definition) is 3. The molecule has 27 heavy (non-hydrogen) atoms. The summed E-state index contributed by atoms with van der Waals surface area (Å²) >= 11 is 0. The Kier molecular flexibility index (Phi) is 9.09. The van der Waals surface area contributed by atoms with E-state index in [0.717, 1.165) is 23.3 Å². The van der Waals surface area contributed by atoms with Crippen LogP contribution in [0.25, 0.3) is 6.08 Å². The van der Waals surface area contributed by atoms with E-state index in [9.17, 15) is 9.59 Å². The van der Waals surface area contributed by atoms with Gasteiger partial charge in [-0.25, -0.2) is 9.59 Å². The van der Waals surface area contributed by atoms with Gasteiger partial charge in [0, 0.05) is 11.1 Å². The van der Waals surface area contributed by atoms with Crippen LogP contribution in [0.3, 0.4) is 0 Å². The van der Waals surface area contributed by atoms with E-state index in [1.807, 2.05) is 42.5 Å². The summed E-state index contributed by atoms with van der Waals surface area (Å²) in [6, 6.07) is 17.0. The van der Waals surface area contributed by atoms with Crippen molar-refractivity contribution in [2.45, 2.75) is 19.8 Å². The van der Waals surface area contributed by atoms with Crippen molar-refractivity contribution >= 4 is 18.0 Å². The average molecular weight is 368 g/mol. The molecule has 0 aliphatic rings. The molecule has 0 fully saturated rings. The molecule has 0 radical (unpaired) electrons. The molecule has 2 rings (SSSR count). The lowest BCUT2D eigenvalue weighted by molar-refractivity contribution is -0.133. The lowest BCUT2D eigenvalue weighted by atomic mass is 10.1. The van der Waals surface area contributed by atoms with Crippen LogP contribution < -0.4 is 4.74 Å². The number of ether oxygens (including phenoxy) is 1. The number of rotatable bonds is 7. The van der Waals surface area contributed by atoms with E-state index < -0.39 is 11.9 Å². The van der Waals surface area contributed by atoms with Crippen molar-refractivity contribution in [1.29, 1.82) is 0 Å². The number of carboxylic acid groups (broad SMARTS) is 2. The van der Waals surface area contributed by atoms with E-state index in [1.54, 1.807) is 32.2 Å². The van der Waals surface area contributed by atoms with Gasteiger partial charge in [-0.15, -0.1) is 0 Å². The Balaban J connectivity index is 0.000000271. The SMILES string of the molecule is C=C(CCc1ccccc1)C(=O)O.COc1ccc(C=C(C)C(=O)O)cc1. The lowest BCUT2D eigenvalue weighted by Gasteiger charge is -2.00. The summed E-state index contributed by atoms with van der Waals surface area (Å²) in [6.07, 6.45) is 2.87. The lowest BCUT2D eigenvalue weighted by Crippen LogP contribution is -2.00. The minimum Gasteiger partial charge on any atom is -0.497 e. The number of carbonyl (C=O) groups is 2. The van der Waals surface area contributed by atoms with Gasteiger partial charge in [0.15, 0.2) is 0 Å². The molecule has 0 aromatic heterocycles. The summed E-state index contributed by atoms with van der Waals surface area (Å²) in [4.78, 5) is 21.0. The number of hydrogen-bond donors (Lipinski definition) is 2. The third kappa shape index (κ3) is 8.54. The Morgan fingerprint density at radius 1 is 1.00 bits per heavy atom.